The number of phenolic OH excluding ortho intramolecular Hbond substituents is 1. The van der Waals surface area contributed by atoms with Crippen molar-refractivity contribution in [3.05, 3.63) is 24.3 Å². The molecule has 0 atom stereocenters. The lowest BCUT2D eigenvalue weighted by atomic mass is 10.1. The molecule has 0 radical (unpaired) electrons. The Balaban J connectivity index is 1.81. The summed E-state index contributed by atoms with van der Waals surface area (Å²) in [5.41, 5.74) is 0. The summed E-state index contributed by atoms with van der Waals surface area (Å²) in [7, 11) is 0. The molecule has 0 unspecified atom stereocenters. The summed E-state index contributed by atoms with van der Waals surface area (Å²) in [5, 5.41) is 9.11. The SMILES string of the molecule is O=C(COc1ccc(O)cc1)N1CCCCC1. The van der Waals surface area contributed by atoms with Gasteiger partial charge in [0.05, 0.1) is 0 Å². The van der Waals surface area contributed by atoms with Gasteiger partial charge in [0.15, 0.2) is 6.61 Å². The van der Waals surface area contributed by atoms with E-state index < -0.39 is 0 Å². The van der Waals surface area contributed by atoms with Crippen LogP contribution < -0.4 is 4.74 Å². The predicted molar refractivity (Wildman–Crippen MR) is 64.0 cm³/mol. The molecule has 1 aliphatic heterocycles. The minimum Gasteiger partial charge on any atom is -0.508 e. The number of benzene rings is 1. The summed E-state index contributed by atoms with van der Waals surface area (Å²) >= 11 is 0. The number of ether oxygens (including phenoxy) is 1. The van der Waals surface area contributed by atoms with Crippen LogP contribution in [0.25, 0.3) is 0 Å². The van der Waals surface area contributed by atoms with E-state index in [1.165, 1.54) is 6.42 Å². The van der Waals surface area contributed by atoms with Crippen molar-refractivity contribution in [3.63, 3.8) is 0 Å². The minimum atomic E-state index is 0.0396. The quantitative estimate of drug-likeness (QED) is 0.868. The summed E-state index contributed by atoms with van der Waals surface area (Å²) in [6.07, 6.45) is 3.39. The Labute approximate surface area is 101 Å². The van der Waals surface area contributed by atoms with Gasteiger partial charge in [0.2, 0.25) is 0 Å². The van der Waals surface area contributed by atoms with Crippen LogP contribution in [0.15, 0.2) is 24.3 Å². The first-order chi connectivity index (χ1) is 8.25. The number of hydrogen-bond acceptors (Lipinski definition) is 3. The maximum Gasteiger partial charge on any atom is 0.260 e. The van der Waals surface area contributed by atoms with Gasteiger partial charge in [0.1, 0.15) is 11.5 Å². The number of piperidine rings is 1. The molecule has 1 aromatic rings. The molecule has 1 fully saturated rings. The van der Waals surface area contributed by atoms with Crippen LogP contribution >= 0.6 is 0 Å². The molecule has 17 heavy (non-hydrogen) atoms. The molecular weight excluding hydrogens is 218 g/mol. The molecular formula is C13H17NO3. The Kier molecular flexibility index (Phi) is 3.85. The Hall–Kier alpha value is -1.71. The van der Waals surface area contributed by atoms with Gasteiger partial charge >= 0.3 is 0 Å². The van der Waals surface area contributed by atoms with E-state index in [0.29, 0.717) is 5.75 Å². The summed E-state index contributed by atoms with van der Waals surface area (Å²) in [6.45, 7) is 1.76. The average Bonchev–Trinajstić information content (AvgIpc) is 2.39. The van der Waals surface area contributed by atoms with E-state index in [2.05, 4.69) is 0 Å². The van der Waals surface area contributed by atoms with Gasteiger partial charge in [-0.1, -0.05) is 0 Å². The molecule has 92 valence electrons. The standard InChI is InChI=1S/C13H17NO3/c15-11-4-6-12(7-5-11)17-10-13(16)14-8-2-1-3-9-14/h4-7,15H,1-3,8-10H2. The van der Waals surface area contributed by atoms with Crippen LogP contribution in [0.5, 0.6) is 11.5 Å². The molecule has 1 amide bonds. The second kappa shape index (κ2) is 5.57. The monoisotopic (exact) mass is 235 g/mol. The molecule has 0 bridgehead atoms. The normalized spacial score (nSPS) is 15.6. The molecule has 1 heterocycles. The molecule has 1 aliphatic rings. The fourth-order valence-corrected chi connectivity index (χ4v) is 1.92. The van der Waals surface area contributed by atoms with Crippen molar-refractivity contribution in [2.24, 2.45) is 0 Å². The highest BCUT2D eigenvalue weighted by Crippen LogP contribution is 2.16. The maximum absolute atomic E-state index is 11.8. The van der Waals surface area contributed by atoms with Gasteiger partial charge in [-0.3, -0.25) is 4.79 Å². The third-order valence-electron chi connectivity index (χ3n) is 2.91. The Bertz CT molecular complexity index is 369. The predicted octanol–water partition coefficient (Wildman–Crippen LogP) is 1.78. The first-order valence-electron chi connectivity index (χ1n) is 5.95. The van der Waals surface area contributed by atoms with Gasteiger partial charge in [0, 0.05) is 13.1 Å². The molecule has 0 aromatic heterocycles. The zero-order valence-corrected chi connectivity index (χ0v) is 9.76. The van der Waals surface area contributed by atoms with E-state index in [1.54, 1.807) is 24.3 Å². The van der Waals surface area contributed by atoms with Crippen molar-refractivity contribution in [1.29, 1.82) is 0 Å². The van der Waals surface area contributed by atoms with Crippen LogP contribution in [0.2, 0.25) is 0 Å². The molecule has 0 saturated carbocycles. The van der Waals surface area contributed by atoms with Gasteiger partial charge in [-0.2, -0.15) is 0 Å². The molecule has 4 heteroatoms. The molecule has 0 spiro atoms. The smallest absolute Gasteiger partial charge is 0.260 e. The summed E-state index contributed by atoms with van der Waals surface area (Å²) in [4.78, 5) is 13.6. The fraction of sp³-hybridized carbons (Fsp3) is 0.462. The van der Waals surface area contributed by atoms with Crippen molar-refractivity contribution < 1.29 is 14.6 Å². The summed E-state index contributed by atoms with van der Waals surface area (Å²) in [6, 6.07) is 6.39. The maximum atomic E-state index is 11.8. The summed E-state index contributed by atoms with van der Waals surface area (Å²) in [5.74, 6) is 0.839. The van der Waals surface area contributed by atoms with Gasteiger partial charge in [0.25, 0.3) is 5.91 Å². The number of likely N-dealkylation sites (tertiary alicyclic amines) is 1. The number of aromatic hydroxyl groups is 1. The lowest BCUT2D eigenvalue weighted by molar-refractivity contribution is -0.134. The van der Waals surface area contributed by atoms with Gasteiger partial charge in [-0.15, -0.1) is 0 Å². The lowest BCUT2D eigenvalue weighted by Crippen LogP contribution is -2.38. The zero-order chi connectivity index (χ0) is 12.1. The van der Waals surface area contributed by atoms with Crippen molar-refractivity contribution in [1.82, 2.24) is 4.90 Å². The molecule has 0 aliphatic carbocycles. The van der Waals surface area contributed by atoms with Crippen LogP contribution in [-0.2, 0) is 4.79 Å². The number of amides is 1. The van der Waals surface area contributed by atoms with E-state index in [4.69, 9.17) is 9.84 Å². The van der Waals surface area contributed by atoms with E-state index in [-0.39, 0.29) is 18.3 Å². The second-order valence-corrected chi connectivity index (χ2v) is 4.22. The molecule has 4 nitrogen and oxygen atoms in total. The van der Waals surface area contributed by atoms with Gasteiger partial charge in [-0.05, 0) is 43.5 Å². The van der Waals surface area contributed by atoms with Gasteiger partial charge in [-0.25, -0.2) is 0 Å². The van der Waals surface area contributed by atoms with Crippen molar-refractivity contribution >= 4 is 5.91 Å². The number of carbonyl (C=O) groups is 1. The van der Waals surface area contributed by atoms with E-state index in [0.717, 1.165) is 25.9 Å². The minimum absolute atomic E-state index is 0.0396. The topological polar surface area (TPSA) is 49.8 Å². The van der Waals surface area contributed by atoms with Crippen LogP contribution in [0.1, 0.15) is 19.3 Å². The number of hydrogen-bond donors (Lipinski definition) is 1. The number of carbonyl (C=O) groups excluding carboxylic acids is 1. The van der Waals surface area contributed by atoms with E-state index in [1.807, 2.05) is 4.90 Å². The largest absolute Gasteiger partial charge is 0.508 e. The van der Waals surface area contributed by atoms with Crippen molar-refractivity contribution in [2.75, 3.05) is 19.7 Å². The van der Waals surface area contributed by atoms with Crippen LogP contribution in [0.4, 0.5) is 0 Å². The van der Waals surface area contributed by atoms with Gasteiger partial charge < -0.3 is 14.7 Å². The van der Waals surface area contributed by atoms with Crippen LogP contribution in [0.3, 0.4) is 0 Å². The second-order valence-electron chi connectivity index (χ2n) is 4.22. The number of nitrogens with zero attached hydrogens (tertiary/aromatic N) is 1. The Morgan fingerprint density at radius 1 is 1.18 bits per heavy atom. The van der Waals surface area contributed by atoms with Crippen LogP contribution in [-0.4, -0.2) is 35.6 Å². The fourth-order valence-electron chi connectivity index (χ4n) is 1.92. The van der Waals surface area contributed by atoms with Crippen LogP contribution in [0, 0.1) is 0 Å². The number of rotatable bonds is 3. The Morgan fingerprint density at radius 3 is 2.47 bits per heavy atom. The molecule has 1 N–H and O–H groups in total. The Morgan fingerprint density at radius 2 is 1.82 bits per heavy atom. The molecule has 1 aromatic carbocycles. The molecule has 1 saturated heterocycles. The first-order valence-corrected chi connectivity index (χ1v) is 5.95. The first kappa shape index (κ1) is 11.8. The highest BCUT2D eigenvalue weighted by Gasteiger charge is 2.16. The lowest BCUT2D eigenvalue weighted by Gasteiger charge is -2.26. The van der Waals surface area contributed by atoms with E-state index in [9.17, 15) is 4.79 Å². The highest BCUT2D eigenvalue weighted by atomic mass is 16.5. The van der Waals surface area contributed by atoms with E-state index >= 15 is 0 Å². The molecule has 2 rings (SSSR count). The summed E-state index contributed by atoms with van der Waals surface area (Å²) < 4.78 is 5.37. The average molecular weight is 235 g/mol. The van der Waals surface area contributed by atoms with Crippen molar-refractivity contribution in [2.45, 2.75) is 19.3 Å². The highest BCUT2D eigenvalue weighted by molar-refractivity contribution is 5.77. The zero-order valence-electron chi connectivity index (χ0n) is 9.76. The third-order valence-corrected chi connectivity index (χ3v) is 2.91. The third kappa shape index (κ3) is 3.37. The number of phenols is 1. The van der Waals surface area contributed by atoms with Crippen molar-refractivity contribution in [3.8, 4) is 11.5 Å².